The zero-order chi connectivity index (χ0) is 14.4. The van der Waals surface area contributed by atoms with Gasteiger partial charge in [0.15, 0.2) is 0 Å². The van der Waals surface area contributed by atoms with Crippen LogP contribution in [0.3, 0.4) is 0 Å². The van der Waals surface area contributed by atoms with Crippen molar-refractivity contribution < 1.29 is 9.72 Å². The highest BCUT2D eigenvalue weighted by Gasteiger charge is 2.18. The molecule has 1 rings (SSSR count). The molecule has 104 valence electrons. The van der Waals surface area contributed by atoms with Crippen molar-refractivity contribution in [2.24, 2.45) is 0 Å². The normalized spacial score (nSPS) is 10.2. The molecular formula is C12H17N3O4. The molecule has 0 unspecified atom stereocenters. The molecular weight excluding hydrogens is 250 g/mol. The fourth-order valence-corrected chi connectivity index (χ4v) is 1.62. The van der Waals surface area contributed by atoms with Gasteiger partial charge < -0.3 is 9.88 Å². The van der Waals surface area contributed by atoms with E-state index in [0.29, 0.717) is 19.5 Å². The van der Waals surface area contributed by atoms with Gasteiger partial charge >= 0.3 is 0 Å². The number of carbonyl (C=O) groups excluding carboxylic acids is 1. The second-order valence-corrected chi connectivity index (χ2v) is 4.12. The Morgan fingerprint density at radius 3 is 2.63 bits per heavy atom. The molecule has 1 aromatic rings. The lowest BCUT2D eigenvalue weighted by atomic mass is 10.2. The lowest BCUT2D eigenvalue weighted by Crippen LogP contribution is -2.33. The molecule has 1 heterocycles. The van der Waals surface area contributed by atoms with E-state index in [2.05, 4.69) is 5.32 Å². The SMILES string of the molecule is CCCNC(=O)c1cc([N+](=O)[O-])cn(CCC)c1=O. The summed E-state index contributed by atoms with van der Waals surface area (Å²) in [4.78, 5) is 34.0. The third kappa shape index (κ3) is 3.64. The number of hydrogen-bond acceptors (Lipinski definition) is 4. The van der Waals surface area contributed by atoms with Crippen LogP contribution in [0.4, 0.5) is 5.69 Å². The first-order chi connectivity index (χ1) is 9.01. The van der Waals surface area contributed by atoms with Gasteiger partial charge in [-0.05, 0) is 12.8 Å². The summed E-state index contributed by atoms with van der Waals surface area (Å²) in [5.41, 5.74) is -0.938. The smallest absolute Gasteiger partial charge is 0.286 e. The van der Waals surface area contributed by atoms with E-state index in [1.165, 1.54) is 10.8 Å². The summed E-state index contributed by atoms with van der Waals surface area (Å²) in [6, 6.07) is 1.03. The molecule has 0 fully saturated rings. The van der Waals surface area contributed by atoms with Crippen LogP contribution in [0.1, 0.15) is 37.0 Å². The van der Waals surface area contributed by atoms with Crippen LogP contribution in [-0.2, 0) is 6.54 Å². The summed E-state index contributed by atoms with van der Waals surface area (Å²) >= 11 is 0. The third-order valence-electron chi connectivity index (χ3n) is 2.53. The predicted octanol–water partition coefficient (Wildman–Crippen LogP) is 1.31. The van der Waals surface area contributed by atoms with E-state index >= 15 is 0 Å². The first-order valence-corrected chi connectivity index (χ1v) is 6.18. The highest BCUT2D eigenvalue weighted by Crippen LogP contribution is 2.10. The minimum absolute atomic E-state index is 0.184. The molecule has 0 aromatic carbocycles. The number of carbonyl (C=O) groups is 1. The van der Waals surface area contributed by atoms with Crippen molar-refractivity contribution in [3.8, 4) is 0 Å². The molecule has 0 saturated heterocycles. The fraction of sp³-hybridized carbons (Fsp3) is 0.500. The van der Waals surface area contributed by atoms with E-state index in [1.54, 1.807) is 0 Å². The lowest BCUT2D eigenvalue weighted by Gasteiger charge is -2.07. The Kier molecular flexibility index (Phi) is 5.23. The molecule has 0 aliphatic heterocycles. The molecule has 7 heteroatoms. The first-order valence-electron chi connectivity index (χ1n) is 6.18. The topological polar surface area (TPSA) is 94.2 Å². The monoisotopic (exact) mass is 267 g/mol. The number of nitrogens with zero attached hydrogens (tertiary/aromatic N) is 2. The van der Waals surface area contributed by atoms with Crippen LogP contribution in [0, 0.1) is 10.1 Å². The summed E-state index contributed by atoms with van der Waals surface area (Å²) in [5.74, 6) is -0.569. The average Bonchev–Trinajstić information content (AvgIpc) is 2.38. The van der Waals surface area contributed by atoms with Crippen LogP contribution < -0.4 is 10.9 Å². The number of rotatable bonds is 6. The number of pyridine rings is 1. The van der Waals surface area contributed by atoms with Gasteiger partial charge in [-0.1, -0.05) is 13.8 Å². The summed E-state index contributed by atoms with van der Waals surface area (Å²) in [5, 5.41) is 13.4. The summed E-state index contributed by atoms with van der Waals surface area (Å²) in [7, 11) is 0. The minimum Gasteiger partial charge on any atom is -0.352 e. The second-order valence-electron chi connectivity index (χ2n) is 4.12. The Morgan fingerprint density at radius 1 is 1.42 bits per heavy atom. The van der Waals surface area contributed by atoms with E-state index in [9.17, 15) is 19.7 Å². The Labute approximate surface area is 110 Å². The van der Waals surface area contributed by atoms with Crippen LogP contribution in [-0.4, -0.2) is 21.9 Å². The van der Waals surface area contributed by atoms with Gasteiger partial charge in [-0.15, -0.1) is 0 Å². The zero-order valence-corrected chi connectivity index (χ0v) is 11.0. The van der Waals surface area contributed by atoms with Gasteiger partial charge in [0.25, 0.3) is 17.2 Å². The summed E-state index contributed by atoms with van der Waals surface area (Å²) < 4.78 is 1.21. The molecule has 0 bridgehead atoms. The Bertz CT molecular complexity index is 536. The van der Waals surface area contributed by atoms with Gasteiger partial charge in [-0.3, -0.25) is 19.7 Å². The van der Waals surface area contributed by atoms with Gasteiger partial charge in [0.05, 0.1) is 11.1 Å². The largest absolute Gasteiger partial charge is 0.352 e. The van der Waals surface area contributed by atoms with Crippen molar-refractivity contribution in [1.82, 2.24) is 9.88 Å². The number of amides is 1. The fourth-order valence-electron chi connectivity index (χ4n) is 1.62. The number of aryl methyl sites for hydroxylation is 1. The van der Waals surface area contributed by atoms with Crippen molar-refractivity contribution in [3.05, 3.63) is 38.3 Å². The average molecular weight is 267 g/mol. The molecule has 0 saturated carbocycles. The first kappa shape index (κ1) is 14.9. The van der Waals surface area contributed by atoms with Crippen LogP contribution in [0.15, 0.2) is 17.1 Å². The minimum atomic E-state index is -0.609. The van der Waals surface area contributed by atoms with E-state index < -0.39 is 16.4 Å². The molecule has 7 nitrogen and oxygen atoms in total. The van der Waals surface area contributed by atoms with Gasteiger partial charge in [-0.2, -0.15) is 0 Å². The third-order valence-corrected chi connectivity index (χ3v) is 2.53. The van der Waals surface area contributed by atoms with Gasteiger partial charge in [-0.25, -0.2) is 0 Å². The molecule has 1 aromatic heterocycles. The van der Waals surface area contributed by atoms with Gasteiger partial charge in [0.2, 0.25) is 0 Å². The number of aromatic nitrogens is 1. The lowest BCUT2D eigenvalue weighted by molar-refractivity contribution is -0.385. The predicted molar refractivity (Wildman–Crippen MR) is 70.3 cm³/mol. The molecule has 1 amide bonds. The van der Waals surface area contributed by atoms with E-state index in [1.807, 2.05) is 13.8 Å². The number of nitrogens with one attached hydrogen (secondary N) is 1. The zero-order valence-electron chi connectivity index (χ0n) is 11.0. The van der Waals surface area contributed by atoms with Crippen LogP contribution >= 0.6 is 0 Å². The molecule has 1 N–H and O–H groups in total. The molecule has 0 aliphatic rings. The Morgan fingerprint density at radius 2 is 2.11 bits per heavy atom. The Hall–Kier alpha value is -2.18. The van der Waals surface area contributed by atoms with Crippen molar-refractivity contribution >= 4 is 11.6 Å². The van der Waals surface area contributed by atoms with E-state index in [-0.39, 0.29) is 11.3 Å². The quantitative estimate of drug-likeness (QED) is 0.621. The molecule has 19 heavy (non-hydrogen) atoms. The standard InChI is InChI=1S/C12H17N3O4/c1-3-5-13-11(16)10-7-9(15(18)19)8-14(6-4-2)12(10)17/h7-8H,3-6H2,1-2H3,(H,13,16). The molecule has 0 spiro atoms. The van der Waals surface area contributed by atoms with Crippen molar-refractivity contribution in [2.75, 3.05) is 6.54 Å². The van der Waals surface area contributed by atoms with Crippen molar-refractivity contribution in [1.29, 1.82) is 0 Å². The molecule has 0 atom stereocenters. The maximum atomic E-state index is 12.0. The van der Waals surface area contributed by atoms with E-state index in [4.69, 9.17) is 0 Å². The molecule has 0 aliphatic carbocycles. The Balaban J connectivity index is 3.25. The van der Waals surface area contributed by atoms with Gasteiger partial charge in [0, 0.05) is 19.2 Å². The van der Waals surface area contributed by atoms with Crippen LogP contribution in [0.5, 0.6) is 0 Å². The molecule has 0 radical (unpaired) electrons. The van der Waals surface area contributed by atoms with E-state index in [0.717, 1.165) is 12.5 Å². The van der Waals surface area contributed by atoms with Crippen molar-refractivity contribution in [2.45, 2.75) is 33.2 Å². The second kappa shape index (κ2) is 6.67. The highest BCUT2D eigenvalue weighted by atomic mass is 16.6. The van der Waals surface area contributed by atoms with Gasteiger partial charge in [0.1, 0.15) is 5.56 Å². The van der Waals surface area contributed by atoms with Crippen LogP contribution in [0.25, 0.3) is 0 Å². The number of hydrogen-bond donors (Lipinski definition) is 1. The summed E-state index contributed by atoms with van der Waals surface area (Å²) in [6.07, 6.45) is 2.54. The summed E-state index contributed by atoms with van der Waals surface area (Å²) in [6.45, 7) is 4.49. The van der Waals surface area contributed by atoms with Crippen LogP contribution in [0.2, 0.25) is 0 Å². The maximum Gasteiger partial charge on any atom is 0.286 e. The highest BCUT2D eigenvalue weighted by molar-refractivity contribution is 5.94. The van der Waals surface area contributed by atoms with Crippen molar-refractivity contribution in [3.63, 3.8) is 0 Å². The maximum absolute atomic E-state index is 12.0. The number of nitro groups is 1.